The quantitative estimate of drug-likeness (QED) is 0.782. The summed E-state index contributed by atoms with van der Waals surface area (Å²) in [5, 5.41) is 2.57. The van der Waals surface area contributed by atoms with Crippen molar-refractivity contribution in [1.29, 1.82) is 0 Å². The maximum atomic E-state index is 12.7. The van der Waals surface area contributed by atoms with Crippen molar-refractivity contribution in [3.63, 3.8) is 0 Å². The first-order chi connectivity index (χ1) is 9.89. The summed E-state index contributed by atoms with van der Waals surface area (Å²) < 4.78 is 37.8. The first-order valence-corrected chi connectivity index (χ1v) is 8.49. The van der Waals surface area contributed by atoms with Gasteiger partial charge in [0.1, 0.15) is 11.6 Å². The van der Waals surface area contributed by atoms with Crippen LogP contribution in [0.1, 0.15) is 19.4 Å². The van der Waals surface area contributed by atoms with E-state index >= 15 is 0 Å². The van der Waals surface area contributed by atoms with Crippen LogP contribution >= 0.6 is 0 Å². The molecule has 0 radical (unpaired) electrons. The Labute approximate surface area is 125 Å². The highest BCUT2D eigenvalue weighted by atomic mass is 32.2. The van der Waals surface area contributed by atoms with Crippen molar-refractivity contribution in [3.05, 3.63) is 35.6 Å². The molecule has 1 amide bonds. The molecule has 1 rings (SSSR count). The van der Waals surface area contributed by atoms with Crippen molar-refractivity contribution in [2.75, 3.05) is 25.4 Å². The summed E-state index contributed by atoms with van der Waals surface area (Å²) in [7, 11) is -3.55. The van der Waals surface area contributed by atoms with Gasteiger partial charge in [-0.15, -0.1) is 0 Å². The number of benzene rings is 1. The second kappa shape index (κ2) is 8.09. The van der Waals surface area contributed by atoms with Gasteiger partial charge < -0.3 is 5.32 Å². The Morgan fingerprint density at radius 1 is 1.19 bits per heavy atom. The summed E-state index contributed by atoms with van der Waals surface area (Å²) in [6, 6.07) is 5.96. The van der Waals surface area contributed by atoms with Gasteiger partial charge in [0.25, 0.3) is 0 Å². The number of nitrogens with zero attached hydrogens (tertiary/aromatic N) is 1. The van der Waals surface area contributed by atoms with Crippen LogP contribution in [0.2, 0.25) is 0 Å². The fourth-order valence-corrected chi connectivity index (χ4v) is 3.33. The molecule has 0 spiro atoms. The number of rotatable bonds is 8. The molecule has 0 bridgehead atoms. The summed E-state index contributed by atoms with van der Waals surface area (Å²) in [6.07, 6.45) is 0.525. The lowest BCUT2D eigenvalue weighted by molar-refractivity contribution is -0.118. The van der Waals surface area contributed by atoms with Crippen LogP contribution in [0.4, 0.5) is 4.39 Å². The third kappa shape index (κ3) is 5.81. The Kier molecular flexibility index (Phi) is 6.77. The van der Waals surface area contributed by atoms with Crippen molar-refractivity contribution in [2.24, 2.45) is 0 Å². The zero-order valence-corrected chi connectivity index (χ0v) is 13.1. The van der Waals surface area contributed by atoms with E-state index in [9.17, 15) is 17.6 Å². The molecule has 7 heteroatoms. The number of hydrogen-bond acceptors (Lipinski definition) is 3. The number of amides is 1. The van der Waals surface area contributed by atoms with Gasteiger partial charge in [0, 0.05) is 19.6 Å². The predicted octanol–water partition coefficient (Wildman–Crippen LogP) is 1.16. The molecular formula is C14H21FN2O3S. The van der Waals surface area contributed by atoms with Crippen LogP contribution in [0.15, 0.2) is 24.3 Å². The predicted molar refractivity (Wildman–Crippen MR) is 79.8 cm³/mol. The SMILES string of the molecule is CCN(CC)S(=O)(=O)CC(=O)NCCc1ccc(F)cc1. The van der Waals surface area contributed by atoms with Gasteiger partial charge in [-0.1, -0.05) is 26.0 Å². The second-order valence-electron chi connectivity index (χ2n) is 4.57. The summed E-state index contributed by atoms with van der Waals surface area (Å²) in [6.45, 7) is 4.47. The molecule has 0 aliphatic heterocycles. The van der Waals surface area contributed by atoms with E-state index in [0.717, 1.165) is 5.56 Å². The van der Waals surface area contributed by atoms with E-state index in [4.69, 9.17) is 0 Å². The first-order valence-electron chi connectivity index (χ1n) is 6.88. The van der Waals surface area contributed by atoms with Gasteiger partial charge in [0.15, 0.2) is 0 Å². The van der Waals surface area contributed by atoms with Crippen LogP contribution in [0, 0.1) is 5.82 Å². The molecule has 118 valence electrons. The van der Waals surface area contributed by atoms with Crippen molar-refractivity contribution in [2.45, 2.75) is 20.3 Å². The molecule has 21 heavy (non-hydrogen) atoms. The summed E-state index contributed by atoms with van der Waals surface area (Å²) >= 11 is 0. The highest BCUT2D eigenvalue weighted by Gasteiger charge is 2.22. The lowest BCUT2D eigenvalue weighted by Gasteiger charge is -2.17. The average molecular weight is 316 g/mol. The van der Waals surface area contributed by atoms with E-state index in [1.54, 1.807) is 26.0 Å². The van der Waals surface area contributed by atoms with Gasteiger partial charge in [-0.25, -0.2) is 17.1 Å². The standard InChI is InChI=1S/C14H21FN2O3S/c1-3-17(4-2)21(19,20)11-14(18)16-10-9-12-5-7-13(15)8-6-12/h5-8H,3-4,9-11H2,1-2H3,(H,16,18). The van der Waals surface area contributed by atoms with Crippen LogP contribution in [0.25, 0.3) is 0 Å². The Morgan fingerprint density at radius 3 is 2.29 bits per heavy atom. The highest BCUT2D eigenvalue weighted by molar-refractivity contribution is 7.89. The molecular weight excluding hydrogens is 295 g/mol. The number of hydrogen-bond donors (Lipinski definition) is 1. The van der Waals surface area contributed by atoms with Crippen LogP contribution in [0.3, 0.4) is 0 Å². The maximum Gasteiger partial charge on any atom is 0.236 e. The monoisotopic (exact) mass is 316 g/mol. The van der Waals surface area contributed by atoms with Gasteiger partial charge in [-0.3, -0.25) is 4.79 Å². The minimum absolute atomic E-state index is 0.312. The number of sulfonamides is 1. The largest absolute Gasteiger partial charge is 0.355 e. The molecule has 0 saturated heterocycles. The molecule has 0 heterocycles. The number of nitrogens with one attached hydrogen (secondary N) is 1. The first kappa shape index (κ1) is 17.6. The average Bonchev–Trinajstić information content (AvgIpc) is 2.41. The van der Waals surface area contributed by atoms with Crippen LogP contribution in [0.5, 0.6) is 0 Å². The van der Waals surface area contributed by atoms with Crippen LogP contribution in [-0.4, -0.2) is 44.0 Å². The lowest BCUT2D eigenvalue weighted by Crippen LogP contribution is -2.39. The number of carbonyl (C=O) groups excluding carboxylic acids is 1. The van der Waals surface area contributed by atoms with Crippen molar-refractivity contribution in [1.82, 2.24) is 9.62 Å². The number of halogens is 1. The van der Waals surface area contributed by atoms with E-state index in [-0.39, 0.29) is 5.82 Å². The number of carbonyl (C=O) groups is 1. The summed E-state index contributed by atoms with van der Waals surface area (Å²) in [4.78, 5) is 11.7. The van der Waals surface area contributed by atoms with E-state index in [0.29, 0.717) is 26.1 Å². The van der Waals surface area contributed by atoms with E-state index in [2.05, 4.69) is 5.32 Å². The molecule has 0 aliphatic rings. The van der Waals surface area contributed by atoms with Gasteiger partial charge in [0.05, 0.1) is 0 Å². The fourth-order valence-electron chi connectivity index (χ4n) is 1.92. The third-order valence-electron chi connectivity index (χ3n) is 3.06. The zero-order chi connectivity index (χ0) is 15.9. The molecule has 1 aromatic carbocycles. The van der Waals surface area contributed by atoms with Crippen molar-refractivity contribution in [3.8, 4) is 0 Å². The molecule has 1 aromatic rings. The molecule has 5 nitrogen and oxygen atoms in total. The van der Waals surface area contributed by atoms with E-state index in [1.807, 2.05) is 0 Å². The van der Waals surface area contributed by atoms with Crippen LogP contribution < -0.4 is 5.32 Å². The molecule has 0 atom stereocenters. The Bertz CT molecular complexity index is 554. The van der Waals surface area contributed by atoms with Gasteiger partial charge >= 0.3 is 0 Å². The topological polar surface area (TPSA) is 66.5 Å². The normalized spacial score (nSPS) is 11.6. The molecule has 0 aliphatic carbocycles. The minimum atomic E-state index is -3.55. The Hall–Kier alpha value is -1.47. The van der Waals surface area contributed by atoms with Crippen LogP contribution in [-0.2, 0) is 21.2 Å². The molecule has 0 unspecified atom stereocenters. The van der Waals surface area contributed by atoms with E-state index < -0.39 is 21.7 Å². The Balaban J connectivity index is 2.42. The molecule has 0 aromatic heterocycles. The van der Waals surface area contributed by atoms with Gasteiger partial charge in [0.2, 0.25) is 15.9 Å². The minimum Gasteiger partial charge on any atom is -0.355 e. The molecule has 0 saturated carbocycles. The van der Waals surface area contributed by atoms with Gasteiger partial charge in [-0.2, -0.15) is 0 Å². The highest BCUT2D eigenvalue weighted by Crippen LogP contribution is 2.03. The molecule has 0 fully saturated rings. The van der Waals surface area contributed by atoms with Gasteiger partial charge in [-0.05, 0) is 24.1 Å². The zero-order valence-electron chi connectivity index (χ0n) is 12.3. The van der Waals surface area contributed by atoms with E-state index in [1.165, 1.54) is 16.4 Å². The fraction of sp³-hybridized carbons (Fsp3) is 0.500. The van der Waals surface area contributed by atoms with Crippen molar-refractivity contribution >= 4 is 15.9 Å². The maximum absolute atomic E-state index is 12.7. The third-order valence-corrected chi connectivity index (χ3v) is 4.99. The Morgan fingerprint density at radius 2 is 1.76 bits per heavy atom. The smallest absolute Gasteiger partial charge is 0.236 e. The summed E-state index contributed by atoms with van der Waals surface area (Å²) in [5.74, 6) is -1.38. The second-order valence-corrected chi connectivity index (χ2v) is 6.54. The van der Waals surface area contributed by atoms with Crippen molar-refractivity contribution < 1.29 is 17.6 Å². The molecule has 1 N–H and O–H groups in total. The lowest BCUT2D eigenvalue weighted by atomic mass is 10.1. The summed E-state index contributed by atoms with van der Waals surface area (Å²) in [5.41, 5.74) is 0.878.